The Labute approximate surface area is 125 Å². The molecular weight excluding hydrogens is 248 g/mol. The van der Waals surface area contributed by atoms with Gasteiger partial charge in [-0.25, -0.2) is 0 Å². The van der Waals surface area contributed by atoms with Gasteiger partial charge in [0.25, 0.3) is 0 Å². The molecule has 2 rings (SSSR count). The van der Waals surface area contributed by atoms with Crippen molar-refractivity contribution in [2.75, 3.05) is 26.8 Å². The van der Waals surface area contributed by atoms with Gasteiger partial charge in [-0.3, -0.25) is 4.90 Å². The summed E-state index contributed by atoms with van der Waals surface area (Å²) in [5.74, 6) is 1.51. The zero-order chi connectivity index (χ0) is 14.8. The van der Waals surface area contributed by atoms with Crippen LogP contribution in [0.3, 0.4) is 0 Å². The Morgan fingerprint density at radius 2 is 1.75 bits per heavy atom. The number of nitrogens with zero attached hydrogens (tertiary/aromatic N) is 1. The Kier molecular flexibility index (Phi) is 5.49. The third kappa shape index (κ3) is 3.75. The maximum atomic E-state index is 6.06. The SMILES string of the molecule is CN(C1CCOCC1)C1CC(C(C)(C)C)CCC1CN. The lowest BCUT2D eigenvalue weighted by atomic mass is 9.67. The average Bonchev–Trinajstić information content (AvgIpc) is 2.45. The molecule has 2 aliphatic rings. The van der Waals surface area contributed by atoms with E-state index in [1.54, 1.807) is 0 Å². The zero-order valence-corrected chi connectivity index (χ0v) is 13.9. The third-order valence-electron chi connectivity index (χ3n) is 5.77. The molecule has 3 heteroatoms. The first-order valence-electron chi connectivity index (χ1n) is 8.43. The summed E-state index contributed by atoms with van der Waals surface area (Å²) >= 11 is 0. The van der Waals surface area contributed by atoms with E-state index >= 15 is 0 Å². The topological polar surface area (TPSA) is 38.5 Å². The largest absolute Gasteiger partial charge is 0.381 e. The lowest BCUT2D eigenvalue weighted by Crippen LogP contribution is -2.51. The molecule has 0 radical (unpaired) electrons. The van der Waals surface area contributed by atoms with Crippen LogP contribution >= 0.6 is 0 Å². The van der Waals surface area contributed by atoms with E-state index in [1.807, 2.05) is 0 Å². The second kappa shape index (κ2) is 6.76. The van der Waals surface area contributed by atoms with Crippen LogP contribution in [0.1, 0.15) is 52.9 Å². The Hall–Kier alpha value is -0.120. The fourth-order valence-electron chi connectivity index (χ4n) is 4.13. The lowest BCUT2D eigenvalue weighted by Gasteiger charge is -2.47. The van der Waals surface area contributed by atoms with Gasteiger partial charge in [-0.2, -0.15) is 0 Å². The van der Waals surface area contributed by atoms with Crippen molar-refractivity contribution in [1.29, 1.82) is 0 Å². The first-order chi connectivity index (χ1) is 9.43. The Morgan fingerprint density at radius 3 is 2.30 bits per heavy atom. The van der Waals surface area contributed by atoms with Crippen molar-refractivity contribution in [2.45, 2.75) is 65.0 Å². The summed E-state index contributed by atoms with van der Waals surface area (Å²) < 4.78 is 5.51. The summed E-state index contributed by atoms with van der Waals surface area (Å²) in [7, 11) is 2.33. The molecule has 0 aromatic rings. The summed E-state index contributed by atoms with van der Waals surface area (Å²) in [5.41, 5.74) is 6.49. The molecule has 118 valence electrons. The second-order valence-corrected chi connectivity index (χ2v) is 7.95. The molecule has 1 saturated heterocycles. The van der Waals surface area contributed by atoms with Crippen molar-refractivity contribution in [3.05, 3.63) is 0 Å². The van der Waals surface area contributed by atoms with Gasteiger partial charge in [-0.15, -0.1) is 0 Å². The first-order valence-corrected chi connectivity index (χ1v) is 8.43. The highest BCUT2D eigenvalue weighted by Gasteiger charge is 2.38. The molecular formula is C17H34N2O. The molecule has 2 fully saturated rings. The zero-order valence-electron chi connectivity index (χ0n) is 13.9. The van der Waals surface area contributed by atoms with E-state index in [0.29, 0.717) is 23.4 Å². The van der Waals surface area contributed by atoms with E-state index < -0.39 is 0 Å². The van der Waals surface area contributed by atoms with Crippen LogP contribution in [0, 0.1) is 17.3 Å². The van der Waals surface area contributed by atoms with E-state index in [1.165, 1.54) is 32.1 Å². The van der Waals surface area contributed by atoms with Gasteiger partial charge in [-0.1, -0.05) is 20.8 Å². The quantitative estimate of drug-likeness (QED) is 0.865. The molecule has 0 aromatic carbocycles. The molecule has 0 bridgehead atoms. The highest BCUT2D eigenvalue weighted by Crippen LogP contribution is 2.41. The van der Waals surface area contributed by atoms with Gasteiger partial charge in [-0.05, 0) is 62.9 Å². The fourth-order valence-corrected chi connectivity index (χ4v) is 4.13. The van der Waals surface area contributed by atoms with E-state index in [0.717, 1.165) is 25.7 Å². The lowest BCUT2D eigenvalue weighted by molar-refractivity contribution is -0.00882. The molecule has 2 N–H and O–H groups in total. The van der Waals surface area contributed by atoms with Gasteiger partial charge in [0.1, 0.15) is 0 Å². The van der Waals surface area contributed by atoms with Gasteiger partial charge < -0.3 is 10.5 Å². The maximum absolute atomic E-state index is 6.06. The standard InChI is InChI=1S/C17H34N2O/c1-17(2,3)14-6-5-13(12-18)16(11-14)19(4)15-7-9-20-10-8-15/h13-16H,5-12,18H2,1-4H3. The number of rotatable bonds is 3. The number of hydrogen-bond donors (Lipinski definition) is 1. The number of ether oxygens (including phenoxy) is 1. The minimum Gasteiger partial charge on any atom is -0.381 e. The Bertz CT molecular complexity index is 294. The van der Waals surface area contributed by atoms with Crippen LogP contribution in [-0.2, 0) is 4.74 Å². The Balaban J connectivity index is 2.04. The predicted octanol–water partition coefficient (Wildman–Crippen LogP) is 2.89. The van der Waals surface area contributed by atoms with Crippen molar-refractivity contribution in [3.63, 3.8) is 0 Å². The molecule has 3 unspecified atom stereocenters. The molecule has 3 nitrogen and oxygen atoms in total. The van der Waals surface area contributed by atoms with Crippen molar-refractivity contribution >= 4 is 0 Å². The average molecular weight is 282 g/mol. The van der Waals surface area contributed by atoms with Crippen LogP contribution in [0.5, 0.6) is 0 Å². The van der Waals surface area contributed by atoms with Gasteiger partial charge >= 0.3 is 0 Å². The van der Waals surface area contributed by atoms with E-state index in [9.17, 15) is 0 Å². The minimum absolute atomic E-state index is 0.425. The van der Waals surface area contributed by atoms with E-state index in [-0.39, 0.29) is 0 Å². The van der Waals surface area contributed by atoms with Crippen LogP contribution in [0.4, 0.5) is 0 Å². The van der Waals surface area contributed by atoms with E-state index in [2.05, 4.69) is 32.7 Å². The van der Waals surface area contributed by atoms with E-state index in [4.69, 9.17) is 10.5 Å². The Morgan fingerprint density at radius 1 is 1.10 bits per heavy atom. The fraction of sp³-hybridized carbons (Fsp3) is 1.00. The number of nitrogens with two attached hydrogens (primary N) is 1. The van der Waals surface area contributed by atoms with Crippen LogP contribution < -0.4 is 5.73 Å². The summed E-state index contributed by atoms with van der Waals surface area (Å²) in [6, 6.07) is 1.36. The summed E-state index contributed by atoms with van der Waals surface area (Å²) in [6.07, 6.45) is 6.34. The summed E-state index contributed by atoms with van der Waals surface area (Å²) in [6.45, 7) is 9.88. The van der Waals surface area contributed by atoms with Crippen LogP contribution in [0.15, 0.2) is 0 Å². The van der Waals surface area contributed by atoms with Crippen molar-refractivity contribution in [2.24, 2.45) is 23.0 Å². The first kappa shape index (κ1) is 16.3. The predicted molar refractivity (Wildman–Crippen MR) is 84.7 cm³/mol. The smallest absolute Gasteiger partial charge is 0.0480 e. The molecule has 1 heterocycles. The van der Waals surface area contributed by atoms with Gasteiger partial charge in [0.05, 0.1) is 0 Å². The molecule has 1 aliphatic carbocycles. The van der Waals surface area contributed by atoms with Crippen molar-refractivity contribution in [1.82, 2.24) is 4.90 Å². The molecule has 0 aromatic heterocycles. The monoisotopic (exact) mass is 282 g/mol. The molecule has 0 spiro atoms. The second-order valence-electron chi connectivity index (χ2n) is 7.95. The molecule has 3 atom stereocenters. The minimum atomic E-state index is 0.425. The van der Waals surface area contributed by atoms with Gasteiger partial charge in [0, 0.05) is 25.3 Å². The molecule has 1 aliphatic heterocycles. The van der Waals surface area contributed by atoms with Crippen LogP contribution in [0.2, 0.25) is 0 Å². The molecule has 1 saturated carbocycles. The third-order valence-corrected chi connectivity index (χ3v) is 5.77. The van der Waals surface area contributed by atoms with Crippen molar-refractivity contribution < 1.29 is 4.74 Å². The highest BCUT2D eigenvalue weighted by atomic mass is 16.5. The van der Waals surface area contributed by atoms with Crippen molar-refractivity contribution in [3.8, 4) is 0 Å². The normalized spacial score (nSPS) is 33.6. The van der Waals surface area contributed by atoms with Crippen LogP contribution in [0.25, 0.3) is 0 Å². The summed E-state index contributed by atoms with van der Waals surface area (Å²) in [4.78, 5) is 2.65. The van der Waals surface area contributed by atoms with Gasteiger partial charge in [0.2, 0.25) is 0 Å². The summed E-state index contributed by atoms with van der Waals surface area (Å²) in [5, 5.41) is 0. The maximum Gasteiger partial charge on any atom is 0.0480 e. The molecule has 20 heavy (non-hydrogen) atoms. The highest BCUT2D eigenvalue weighted by molar-refractivity contribution is 4.92. The van der Waals surface area contributed by atoms with Crippen LogP contribution in [-0.4, -0.2) is 43.8 Å². The molecule has 0 amide bonds. The number of hydrogen-bond acceptors (Lipinski definition) is 3. The van der Waals surface area contributed by atoms with Gasteiger partial charge in [0.15, 0.2) is 0 Å².